The third kappa shape index (κ3) is 3.36. The Morgan fingerprint density at radius 2 is 2.35 bits per heavy atom. The number of benzene rings is 1. The minimum atomic E-state index is -0.419. The van der Waals surface area contributed by atoms with Crippen LogP contribution in [0.15, 0.2) is 18.2 Å². The van der Waals surface area contributed by atoms with Gasteiger partial charge in [0.15, 0.2) is 0 Å². The molecule has 1 aromatic carbocycles. The zero-order valence-corrected chi connectivity index (χ0v) is 10.9. The molecule has 1 heterocycles. The molecule has 1 amide bonds. The smallest absolute Gasteiger partial charge is 0.223 e. The van der Waals surface area contributed by atoms with Crippen LogP contribution in [0, 0.1) is 5.82 Å². The van der Waals surface area contributed by atoms with Crippen molar-refractivity contribution in [1.29, 1.82) is 0 Å². The van der Waals surface area contributed by atoms with Crippen molar-refractivity contribution in [3.63, 3.8) is 0 Å². The van der Waals surface area contributed by atoms with Crippen molar-refractivity contribution in [3.05, 3.63) is 34.6 Å². The van der Waals surface area contributed by atoms with Gasteiger partial charge in [-0.1, -0.05) is 17.7 Å². The van der Waals surface area contributed by atoms with Crippen LogP contribution in [0.4, 0.5) is 4.39 Å². The summed E-state index contributed by atoms with van der Waals surface area (Å²) < 4.78 is 12.9. The maximum atomic E-state index is 12.9. The van der Waals surface area contributed by atoms with E-state index < -0.39 is 5.82 Å². The number of carbonyl (C=O) groups is 1. The highest BCUT2D eigenvalue weighted by atomic mass is 35.5. The summed E-state index contributed by atoms with van der Waals surface area (Å²) in [4.78, 5) is 13.6. The Hall–Kier alpha value is -0.740. The standard InChI is InChI=1S/C12H13ClFNOS/c13-10-7-9(1-3-11(10)14)2-4-12(16)15-5-6-17-8-15/h1,3,7H,2,4-6,8H2. The van der Waals surface area contributed by atoms with Gasteiger partial charge in [-0.15, -0.1) is 11.8 Å². The fraction of sp³-hybridized carbons (Fsp3) is 0.417. The van der Waals surface area contributed by atoms with Crippen LogP contribution >= 0.6 is 23.4 Å². The van der Waals surface area contributed by atoms with Gasteiger partial charge in [0.2, 0.25) is 5.91 Å². The number of hydrogen-bond acceptors (Lipinski definition) is 2. The van der Waals surface area contributed by atoms with Crippen LogP contribution in [0.25, 0.3) is 0 Å². The van der Waals surface area contributed by atoms with E-state index in [-0.39, 0.29) is 10.9 Å². The molecule has 0 N–H and O–H groups in total. The molecular formula is C12H13ClFNOS. The van der Waals surface area contributed by atoms with Crippen molar-refractivity contribution in [2.75, 3.05) is 18.2 Å². The lowest BCUT2D eigenvalue weighted by Crippen LogP contribution is -2.27. The Balaban J connectivity index is 1.88. The SMILES string of the molecule is O=C(CCc1ccc(F)c(Cl)c1)N1CCSC1. The first-order valence-electron chi connectivity index (χ1n) is 5.46. The van der Waals surface area contributed by atoms with Crippen molar-refractivity contribution in [2.45, 2.75) is 12.8 Å². The zero-order valence-electron chi connectivity index (χ0n) is 9.29. The Labute approximate surface area is 109 Å². The van der Waals surface area contributed by atoms with Gasteiger partial charge in [-0.2, -0.15) is 0 Å². The van der Waals surface area contributed by atoms with Gasteiger partial charge in [-0.05, 0) is 24.1 Å². The lowest BCUT2D eigenvalue weighted by molar-refractivity contribution is -0.129. The highest BCUT2D eigenvalue weighted by molar-refractivity contribution is 7.99. The molecule has 2 rings (SSSR count). The number of thioether (sulfide) groups is 1. The van der Waals surface area contributed by atoms with Gasteiger partial charge in [0, 0.05) is 18.7 Å². The first-order chi connectivity index (χ1) is 8.16. The minimum absolute atomic E-state index is 0.117. The summed E-state index contributed by atoms with van der Waals surface area (Å²) in [6.45, 7) is 0.841. The zero-order chi connectivity index (χ0) is 12.3. The normalized spacial score (nSPS) is 15.3. The van der Waals surface area contributed by atoms with Crippen LogP contribution in [-0.2, 0) is 11.2 Å². The summed E-state index contributed by atoms with van der Waals surface area (Å²) in [5.41, 5.74) is 0.900. The summed E-state index contributed by atoms with van der Waals surface area (Å²) in [6, 6.07) is 4.60. The van der Waals surface area contributed by atoms with Crippen LogP contribution in [0.1, 0.15) is 12.0 Å². The van der Waals surface area contributed by atoms with Gasteiger partial charge in [-0.3, -0.25) is 4.79 Å². The molecule has 0 unspecified atom stereocenters. The number of nitrogens with zero attached hydrogens (tertiary/aromatic N) is 1. The summed E-state index contributed by atoms with van der Waals surface area (Å²) >= 11 is 7.45. The third-order valence-electron chi connectivity index (χ3n) is 2.72. The second kappa shape index (κ2) is 5.74. The molecule has 0 saturated carbocycles. The summed E-state index contributed by atoms with van der Waals surface area (Å²) in [7, 11) is 0. The topological polar surface area (TPSA) is 20.3 Å². The average molecular weight is 274 g/mol. The predicted molar refractivity (Wildman–Crippen MR) is 68.8 cm³/mol. The molecule has 0 aromatic heterocycles. The van der Waals surface area contributed by atoms with Crippen molar-refractivity contribution >= 4 is 29.3 Å². The molecule has 2 nitrogen and oxygen atoms in total. The molecular weight excluding hydrogens is 261 g/mol. The largest absolute Gasteiger partial charge is 0.333 e. The lowest BCUT2D eigenvalue weighted by Gasteiger charge is -2.14. The molecule has 17 heavy (non-hydrogen) atoms. The van der Waals surface area contributed by atoms with E-state index in [0.29, 0.717) is 12.8 Å². The Morgan fingerprint density at radius 1 is 1.53 bits per heavy atom. The van der Waals surface area contributed by atoms with E-state index in [2.05, 4.69) is 0 Å². The van der Waals surface area contributed by atoms with Gasteiger partial charge < -0.3 is 4.90 Å². The van der Waals surface area contributed by atoms with E-state index in [1.807, 2.05) is 4.90 Å². The molecule has 1 aliphatic heterocycles. The number of rotatable bonds is 3. The van der Waals surface area contributed by atoms with E-state index >= 15 is 0 Å². The molecule has 1 aliphatic rings. The number of hydrogen-bond donors (Lipinski definition) is 0. The van der Waals surface area contributed by atoms with Crippen molar-refractivity contribution in [1.82, 2.24) is 4.90 Å². The molecule has 1 aromatic rings. The van der Waals surface area contributed by atoms with E-state index in [1.54, 1.807) is 23.9 Å². The highest BCUT2D eigenvalue weighted by Crippen LogP contribution is 2.18. The van der Waals surface area contributed by atoms with Crippen LogP contribution in [0.3, 0.4) is 0 Å². The summed E-state index contributed by atoms with van der Waals surface area (Å²) in [5, 5.41) is 0.117. The van der Waals surface area contributed by atoms with Gasteiger partial charge in [0.05, 0.1) is 10.9 Å². The average Bonchev–Trinajstić information content (AvgIpc) is 2.84. The van der Waals surface area contributed by atoms with E-state index in [4.69, 9.17) is 11.6 Å². The molecule has 92 valence electrons. The molecule has 0 atom stereocenters. The Kier molecular flexibility index (Phi) is 4.29. The molecule has 0 spiro atoms. The number of amides is 1. The van der Waals surface area contributed by atoms with Gasteiger partial charge in [0.25, 0.3) is 0 Å². The fourth-order valence-electron chi connectivity index (χ4n) is 1.72. The van der Waals surface area contributed by atoms with E-state index in [1.165, 1.54) is 6.07 Å². The molecule has 1 saturated heterocycles. The van der Waals surface area contributed by atoms with Crippen LogP contribution in [0.2, 0.25) is 5.02 Å². The van der Waals surface area contributed by atoms with Gasteiger partial charge in [-0.25, -0.2) is 4.39 Å². The van der Waals surface area contributed by atoms with Crippen LogP contribution < -0.4 is 0 Å². The summed E-state index contributed by atoms with van der Waals surface area (Å²) in [5.74, 6) is 1.56. The maximum Gasteiger partial charge on any atom is 0.223 e. The van der Waals surface area contributed by atoms with Crippen LogP contribution in [0.5, 0.6) is 0 Å². The number of aryl methyl sites for hydroxylation is 1. The molecule has 5 heteroatoms. The minimum Gasteiger partial charge on any atom is -0.333 e. The Bertz CT molecular complexity index is 421. The predicted octanol–water partition coefficient (Wildman–Crippen LogP) is 2.94. The quantitative estimate of drug-likeness (QED) is 0.844. The fourth-order valence-corrected chi connectivity index (χ4v) is 2.89. The maximum absolute atomic E-state index is 12.9. The Morgan fingerprint density at radius 3 is 3.00 bits per heavy atom. The molecule has 1 fully saturated rings. The number of carbonyl (C=O) groups excluding carboxylic acids is 1. The second-order valence-electron chi connectivity index (χ2n) is 3.94. The van der Waals surface area contributed by atoms with Crippen LogP contribution in [-0.4, -0.2) is 29.0 Å². The van der Waals surface area contributed by atoms with Gasteiger partial charge >= 0.3 is 0 Å². The molecule has 0 radical (unpaired) electrons. The first kappa shape index (κ1) is 12.7. The van der Waals surface area contributed by atoms with Crippen molar-refractivity contribution in [3.8, 4) is 0 Å². The second-order valence-corrected chi connectivity index (χ2v) is 5.42. The van der Waals surface area contributed by atoms with Crippen molar-refractivity contribution in [2.24, 2.45) is 0 Å². The van der Waals surface area contributed by atoms with E-state index in [0.717, 1.165) is 23.7 Å². The monoisotopic (exact) mass is 273 g/mol. The highest BCUT2D eigenvalue weighted by Gasteiger charge is 2.17. The molecule has 0 bridgehead atoms. The lowest BCUT2D eigenvalue weighted by atomic mass is 10.1. The molecule has 0 aliphatic carbocycles. The summed E-state index contributed by atoms with van der Waals surface area (Å²) in [6.07, 6.45) is 1.07. The van der Waals surface area contributed by atoms with Crippen molar-refractivity contribution < 1.29 is 9.18 Å². The first-order valence-corrected chi connectivity index (χ1v) is 6.99. The van der Waals surface area contributed by atoms with Gasteiger partial charge in [0.1, 0.15) is 5.82 Å². The third-order valence-corrected chi connectivity index (χ3v) is 3.97. The number of halogens is 2. The van der Waals surface area contributed by atoms with E-state index in [9.17, 15) is 9.18 Å².